The van der Waals surface area contributed by atoms with Crippen LogP contribution in [0, 0.1) is 0 Å². The van der Waals surface area contributed by atoms with Crippen molar-refractivity contribution in [3.63, 3.8) is 0 Å². The molecular formula is C13H18N2O3. The summed E-state index contributed by atoms with van der Waals surface area (Å²) in [4.78, 5) is 15.4. The van der Waals surface area contributed by atoms with E-state index in [2.05, 4.69) is 0 Å². The van der Waals surface area contributed by atoms with Gasteiger partial charge in [-0.15, -0.1) is 0 Å². The smallest absolute Gasteiger partial charge is 0.320 e. The molecule has 0 atom stereocenters. The number of carbonyl (C=O) groups is 1. The third-order valence-electron chi connectivity index (χ3n) is 3.08. The van der Waals surface area contributed by atoms with E-state index in [4.69, 9.17) is 9.84 Å². The van der Waals surface area contributed by atoms with E-state index in [1.165, 1.54) is 0 Å². The Labute approximate surface area is 107 Å². The molecule has 1 fully saturated rings. The largest absolute Gasteiger partial charge is 0.497 e. The number of carbonyl (C=O) groups excluding carboxylic acids is 1. The number of methoxy groups -OCH3 is 1. The minimum absolute atomic E-state index is 0.000122. The Hall–Kier alpha value is -1.75. The first-order valence-corrected chi connectivity index (χ1v) is 6.02. The molecule has 98 valence electrons. The van der Waals surface area contributed by atoms with E-state index >= 15 is 0 Å². The van der Waals surface area contributed by atoms with E-state index in [1.807, 2.05) is 24.3 Å². The normalized spacial score (nSPS) is 15.3. The SMILES string of the molecule is COc1ccc(CN2CCN(CCO)C2=O)cc1. The Morgan fingerprint density at radius 1 is 1.22 bits per heavy atom. The van der Waals surface area contributed by atoms with Gasteiger partial charge >= 0.3 is 6.03 Å². The van der Waals surface area contributed by atoms with Gasteiger partial charge in [-0.2, -0.15) is 0 Å². The highest BCUT2D eigenvalue weighted by atomic mass is 16.5. The van der Waals surface area contributed by atoms with Crippen molar-refractivity contribution in [1.82, 2.24) is 9.80 Å². The van der Waals surface area contributed by atoms with Gasteiger partial charge in [-0.25, -0.2) is 4.79 Å². The molecule has 1 aliphatic heterocycles. The molecule has 1 aromatic rings. The highest BCUT2D eigenvalue weighted by Crippen LogP contribution is 2.16. The zero-order valence-corrected chi connectivity index (χ0v) is 10.5. The van der Waals surface area contributed by atoms with E-state index in [9.17, 15) is 4.79 Å². The molecule has 0 aromatic heterocycles. The molecule has 1 aromatic carbocycles. The first kappa shape index (κ1) is 12.7. The van der Waals surface area contributed by atoms with Gasteiger partial charge in [-0.3, -0.25) is 0 Å². The molecule has 5 nitrogen and oxygen atoms in total. The quantitative estimate of drug-likeness (QED) is 0.845. The predicted octanol–water partition coefficient (Wildman–Crippen LogP) is 0.925. The van der Waals surface area contributed by atoms with Crippen molar-refractivity contribution in [1.29, 1.82) is 0 Å². The number of urea groups is 1. The molecule has 1 heterocycles. The molecule has 1 N–H and O–H groups in total. The zero-order valence-electron chi connectivity index (χ0n) is 10.5. The van der Waals surface area contributed by atoms with E-state index in [-0.39, 0.29) is 12.6 Å². The number of ether oxygens (including phenoxy) is 1. The van der Waals surface area contributed by atoms with Gasteiger partial charge in [0.1, 0.15) is 5.75 Å². The number of benzene rings is 1. The van der Waals surface area contributed by atoms with Crippen LogP contribution in [0.15, 0.2) is 24.3 Å². The molecule has 18 heavy (non-hydrogen) atoms. The number of aliphatic hydroxyl groups excluding tert-OH is 1. The van der Waals surface area contributed by atoms with Crippen molar-refractivity contribution >= 4 is 6.03 Å². The van der Waals surface area contributed by atoms with Crippen molar-refractivity contribution in [3.05, 3.63) is 29.8 Å². The third kappa shape index (κ3) is 2.73. The Morgan fingerprint density at radius 2 is 1.89 bits per heavy atom. The fraction of sp³-hybridized carbons (Fsp3) is 0.462. The van der Waals surface area contributed by atoms with Crippen LogP contribution in [-0.4, -0.2) is 54.3 Å². The number of amides is 2. The molecular weight excluding hydrogens is 232 g/mol. The Morgan fingerprint density at radius 3 is 2.50 bits per heavy atom. The predicted molar refractivity (Wildman–Crippen MR) is 67.5 cm³/mol. The topological polar surface area (TPSA) is 53.0 Å². The van der Waals surface area contributed by atoms with Crippen LogP contribution < -0.4 is 4.74 Å². The highest BCUT2D eigenvalue weighted by Gasteiger charge is 2.27. The fourth-order valence-corrected chi connectivity index (χ4v) is 2.06. The number of β-amino-alcohol motifs (C(OH)–C–C–N with tert-alkyl or cyclic N) is 1. The van der Waals surface area contributed by atoms with Gasteiger partial charge in [0.05, 0.1) is 13.7 Å². The maximum absolute atomic E-state index is 11.9. The molecule has 0 saturated carbocycles. The Kier molecular flexibility index (Phi) is 4.04. The van der Waals surface area contributed by atoms with E-state index in [0.29, 0.717) is 26.2 Å². The monoisotopic (exact) mass is 250 g/mol. The van der Waals surface area contributed by atoms with Crippen LogP contribution in [0.1, 0.15) is 5.56 Å². The molecule has 0 spiro atoms. The summed E-state index contributed by atoms with van der Waals surface area (Å²) in [5.74, 6) is 0.813. The summed E-state index contributed by atoms with van der Waals surface area (Å²) in [6.07, 6.45) is 0. The standard InChI is InChI=1S/C13H18N2O3/c1-18-12-4-2-11(3-5-12)10-15-7-6-14(8-9-16)13(15)17/h2-5,16H,6-10H2,1H3. The van der Waals surface area contributed by atoms with Crippen LogP contribution in [0.3, 0.4) is 0 Å². The third-order valence-corrected chi connectivity index (χ3v) is 3.08. The minimum Gasteiger partial charge on any atom is -0.497 e. The van der Waals surface area contributed by atoms with E-state index in [0.717, 1.165) is 11.3 Å². The van der Waals surface area contributed by atoms with Crippen LogP contribution >= 0.6 is 0 Å². The van der Waals surface area contributed by atoms with Gasteiger partial charge in [-0.05, 0) is 17.7 Å². The minimum atomic E-state index is -0.000122. The number of hydrogen-bond acceptors (Lipinski definition) is 3. The number of hydrogen-bond donors (Lipinski definition) is 1. The molecule has 2 amide bonds. The number of nitrogens with zero attached hydrogens (tertiary/aromatic N) is 2. The first-order chi connectivity index (χ1) is 8.74. The number of aliphatic hydroxyl groups is 1. The summed E-state index contributed by atoms with van der Waals surface area (Å²) >= 11 is 0. The van der Waals surface area contributed by atoms with Gasteiger partial charge in [0.25, 0.3) is 0 Å². The second-order valence-electron chi connectivity index (χ2n) is 4.26. The lowest BCUT2D eigenvalue weighted by atomic mass is 10.2. The summed E-state index contributed by atoms with van der Waals surface area (Å²) in [7, 11) is 1.63. The summed E-state index contributed by atoms with van der Waals surface area (Å²) in [5.41, 5.74) is 1.08. The van der Waals surface area contributed by atoms with Crippen LogP contribution in [0.4, 0.5) is 4.79 Å². The van der Waals surface area contributed by atoms with Crippen LogP contribution in [-0.2, 0) is 6.54 Å². The van der Waals surface area contributed by atoms with Crippen LogP contribution in [0.25, 0.3) is 0 Å². The first-order valence-electron chi connectivity index (χ1n) is 6.02. The maximum atomic E-state index is 11.9. The lowest BCUT2D eigenvalue weighted by Gasteiger charge is -2.18. The molecule has 0 aliphatic carbocycles. The van der Waals surface area contributed by atoms with Crippen molar-refractivity contribution in [3.8, 4) is 5.75 Å². The Bertz CT molecular complexity index is 405. The second-order valence-corrected chi connectivity index (χ2v) is 4.26. The van der Waals surface area contributed by atoms with Gasteiger partial charge in [0.2, 0.25) is 0 Å². The zero-order chi connectivity index (χ0) is 13.0. The van der Waals surface area contributed by atoms with Gasteiger partial charge in [-0.1, -0.05) is 12.1 Å². The molecule has 0 unspecified atom stereocenters. The lowest BCUT2D eigenvalue weighted by Crippen LogP contribution is -2.33. The highest BCUT2D eigenvalue weighted by molar-refractivity contribution is 5.76. The van der Waals surface area contributed by atoms with Crippen molar-refractivity contribution < 1.29 is 14.6 Å². The molecule has 1 saturated heterocycles. The molecule has 0 bridgehead atoms. The van der Waals surface area contributed by atoms with E-state index in [1.54, 1.807) is 16.9 Å². The van der Waals surface area contributed by atoms with Crippen molar-refractivity contribution in [2.24, 2.45) is 0 Å². The summed E-state index contributed by atoms with van der Waals surface area (Å²) < 4.78 is 5.09. The van der Waals surface area contributed by atoms with E-state index < -0.39 is 0 Å². The molecule has 1 aliphatic rings. The molecule has 5 heteroatoms. The summed E-state index contributed by atoms with van der Waals surface area (Å²) in [6.45, 7) is 2.44. The second kappa shape index (κ2) is 5.73. The van der Waals surface area contributed by atoms with Crippen LogP contribution in [0.2, 0.25) is 0 Å². The van der Waals surface area contributed by atoms with Gasteiger partial charge < -0.3 is 19.6 Å². The average Bonchev–Trinajstić information content (AvgIpc) is 2.73. The lowest BCUT2D eigenvalue weighted by molar-refractivity contribution is 0.177. The van der Waals surface area contributed by atoms with Crippen molar-refractivity contribution in [2.75, 3.05) is 33.4 Å². The molecule has 2 rings (SSSR count). The molecule has 0 radical (unpaired) electrons. The number of rotatable bonds is 5. The maximum Gasteiger partial charge on any atom is 0.320 e. The van der Waals surface area contributed by atoms with Crippen molar-refractivity contribution in [2.45, 2.75) is 6.54 Å². The fourth-order valence-electron chi connectivity index (χ4n) is 2.06. The van der Waals surface area contributed by atoms with Crippen LogP contribution in [0.5, 0.6) is 5.75 Å². The van der Waals surface area contributed by atoms with Gasteiger partial charge in [0.15, 0.2) is 0 Å². The Balaban J connectivity index is 1.95. The summed E-state index contributed by atoms with van der Waals surface area (Å²) in [6, 6.07) is 7.70. The van der Waals surface area contributed by atoms with Gasteiger partial charge in [0, 0.05) is 26.2 Å². The summed E-state index contributed by atoms with van der Waals surface area (Å²) in [5, 5.41) is 8.85. The average molecular weight is 250 g/mol.